The molecule has 2 heterocycles. The van der Waals surface area contributed by atoms with Crippen LogP contribution < -0.4 is 14.4 Å². The summed E-state index contributed by atoms with van der Waals surface area (Å²) in [4.78, 5) is 2.20. The summed E-state index contributed by atoms with van der Waals surface area (Å²) in [6.07, 6.45) is 4.29. The number of aliphatic hydroxyl groups is 1. The molecule has 0 radical (unpaired) electrons. The molecule has 28 heavy (non-hydrogen) atoms. The van der Waals surface area contributed by atoms with Crippen LogP contribution in [0.1, 0.15) is 31.2 Å². The summed E-state index contributed by atoms with van der Waals surface area (Å²) in [6.45, 7) is 1.29. The second kappa shape index (κ2) is 7.76. The van der Waals surface area contributed by atoms with Gasteiger partial charge in [0.1, 0.15) is 5.75 Å². The van der Waals surface area contributed by atoms with Crippen LogP contribution in [0.25, 0.3) is 0 Å². The van der Waals surface area contributed by atoms with Gasteiger partial charge in [0, 0.05) is 22.5 Å². The minimum atomic E-state index is -1.07. The van der Waals surface area contributed by atoms with E-state index in [9.17, 15) is 5.11 Å². The van der Waals surface area contributed by atoms with Gasteiger partial charge in [-0.05, 0) is 43.5 Å². The van der Waals surface area contributed by atoms with Crippen molar-refractivity contribution in [2.24, 2.45) is 0 Å². The van der Waals surface area contributed by atoms with Gasteiger partial charge in [-0.2, -0.15) is 0 Å². The van der Waals surface area contributed by atoms with Gasteiger partial charge in [0.25, 0.3) is 11.6 Å². The van der Waals surface area contributed by atoms with Crippen molar-refractivity contribution in [2.45, 2.75) is 31.4 Å². The first kappa shape index (κ1) is 19.3. The normalized spacial score (nSPS) is 22.1. The molecule has 1 atom stereocenters. The van der Waals surface area contributed by atoms with Crippen LogP contribution in [0, 0.1) is 0 Å². The fraction of sp³-hybridized carbons (Fsp3) is 0.409. The predicted octanol–water partition coefficient (Wildman–Crippen LogP) is 4.12. The van der Waals surface area contributed by atoms with Crippen LogP contribution in [0.4, 0.5) is 5.69 Å². The fourth-order valence-corrected chi connectivity index (χ4v) is 4.53. The molecule has 148 valence electrons. The Kier molecular flexibility index (Phi) is 5.34. The van der Waals surface area contributed by atoms with E-state index in [4.69, 9.17) is 9.47 Å². The third-order valence-electron chi connectivity index (χ3n) is 5.71. The maximum Gasteiger partial charge on any atom is 0.271 e. The molecule has 4 rings (SSSR count). The van der Waals surface area contributed by atoms with E-state index in [0.29, 0.717) is 6.54 Å². The number of benzene rings is 2. The van der Waals surface area contributed by atoms with Gasteiger partial charge in [0.05, 0.1) is 20.8 Å². The largest absolute Gasteiger partial charge is 0.497 e. The minimum Gasteiger partial charge on any atom is -0.497 e. The van der Waals surface area contributed by atoms with Crippen molar-refractivity contribution in [1.82, 2.24) is 0 Å². The molecule has 0 spiro atoms. The molecule has 0 saturated carbocycles. The molecule has 1 unspecified atom stereocenters. The second-order valence-corrected chi connectivity index (χ2v) is 8.24. The molecule has 5 nitrogen and oxygen atoms in total. The lowest BCUT2D eigenvalue weighted by Crippen LogP contribution is -2.41. The lowest BCUT2D eigenvalue weighted by atomic mass is 10.0. The van der Waals surface area contributed by atoms with Gasteiger partial charge in [-0.1, -0.05) is 28.1 Å². The van der Waals surface area contributed by atoms with Crippen molar-refractivity contribution in [3.63, 3.8) is 0 Å². The summed E-state index contributed by atoms with van der Waals surface area (Å²) >= 11 is 3.50. The second-order valence-electron chi connectivity index (χ2n) is 7.33. The van der Waals surface area contributed by atoms with E-state index in [1.165, 1.54) is 6.42 Å². The average molecular weight is 446 g/mol. The van der Waals surface area contributed by atoms with E-state index in [2.05, 4.69) is 25.4 Å². The summed E-state index contributed by atoms with van der Waals surface area (Å²) in [6, 6.07) is 13.8. The monoisotopic (exact) mass is 445 g/mol. The van der Waals surface area contributed by atoms with Crippen molar-refractivity contribution in [2.75, 3.05) is 32.2 Å². The number of anilines is 1. The van der Waals surface area contributed by atoms with Crippen LogP contribution in [-0.2, 0) is 5.72 Å². The predicted molar refractivity (Wildman–Crippen MR) is 114 cm³/mol. The molecule has 2 aromatic carbocycles. The first-order chi connectivity index (χ1) is 13.6. The fourth-order valence-electron chi connectivity index (χ4n) is 4.27. The number of halogens is 1. The third-order valence-corrected chi connectivity index (χ3v) is 6.24. The Morgan fingerprint density at radius 3 is 2.54 bits per heavy atom. The van der Waals surface area contributed by atoms with Gasteiger partial charge >= 0.3 is 0 Å². The molecule has 2 aromatic rings. The van der Waals surface area contributed by atoms with Crippen LogP contribution in [-0.4, -0.2) is 42.8 Å². The van der Waals surface area contributed by atoms with Crippen LogP contribution >= 0.6 is 15.9 Å². The third kappa shape index (κ3) is 3.29. The highest BCUT2D eigenvalue weighted by molar-refractivity contribution is 9.10. The summed E-state index contributed by atoms with van der Waals surface area (Å²) in [5.41, 5.74) is 0.755. The molecule has 0 amide bonds. The Morgan fingerprint density at radius 1 is 1.04 bits per heavy atom. The van der Waals surface area contributed by atoms with Crippen molar-refractivity contribution in [1.29, 1.82) is 0 Å². The van der Waals surface area contributed by atoms with Crippen LogP contribution in [0.15, 0.2) is 46.9 Å². The van der Waals surface area contributed by atoms with E-state index in [1.54, 1.807) is 14.2 Å². The number of methoxy groups -OCH3 is 2. The zero-order chi connectivity index (χ0) is 19.7. The van der Waals surface area contributed by atoms with Crippen molar-refractivity contribution < 1.29 is 19.2 Å². The van der Waals surface area contributed by atoms with E-state index in [1.807, 2.05) is 42.5 Å². The van der Waals surface area contributed by atoms with Gasteiger partial charge < -0.3 is 14.6 Å². The van der Waals surface area contributed by atoms with Crippen LogP contribution in [0.3, 0.4) is 0 Å². The molecular formula is C22H26BrN2O3+. The molecule has 6 heteroatoms. The van der Waals surface area contributed by atoms with E-state index >= 15 is 0 Å². The number of hydrogen-bond donors (Lipinski definition) is 1. The minimum absolute atomic E-state index is 0.452. The zero-order valence-corrected chi connectivity index (χ0v) is 17.9. The summed E-state index contributed by atoms with van der Waals surface area (Å²) in [7, 11) is 3.34. The number of amidine groups is 1. The van der Waals surface area contributed by atoms with Crippen LogP contribution in [0.2, 0.25) is 0 Å². The summed E-state index contributed by atoms with van der Waals surface area (Å²) in [5, 5.41) is 11.9. The highest BCUT2D eigenvalue weighted by Crippen LogP contribution is 2.40. The molecular weight excluding hydrogens is 420 g/mol. The number of nitrogens with zero attached hydrogens (tertiary/aromatic N) is 2. The highest BCUT2D eigenvalue weighted by atomic mass is 79.9. The van der Waals surface area contributed by atoms with Crippen LogP contribution in [0.5, 0.6) is 11.5 Å². The molecule has 2 aliphatic heterocycles. The Bertz CT molecular complexity index is 897. The van der Waals surface area contributed by atoms with E-state index < -0.39 is 5.72 Å². The van der Waals surface area contributed by atoms with Gasteiger partial charge in [-0.15, -0.1) is 0 Å². The van der Waals surface area contributed by atoms with Gasteiger partial charge in [0.15, 0.2) is 18.0 Å². The average Bonchev–Trinajstić information content (AvgIpc) is 2.87. The quantitative estimate of drug-likeness (QED) is 0.718. The first-order valence-corrected chi connectivity index (χ1v) is 10.5. The van der Waals surface area contributed by atoms with Gasteiger partial charge in [-0.25, -0.2) is 9.48 Å². The topological polar surface area (TPSA) is 44.9 Å². The Labute approximate surface area is 174 Å². The summed E-state index contributed by atoms with van der Waals surface area (Å²) < 4.78 is 14.3. The maximum atomic E-state index is 11.9. The van der Waals surface area contributed by atoms with E-state index in [0.717, 1.165) is 58.9 Å². The molecule has 0 saturated heterocycles. The highest BCUT2D eigenvalue weighted by Gasteiger charge is 2.52. The van der Waals surface area contributed by atoms with Gasteiger partial charge in [-0.3, -0.25) is 0 Å². The number of β-amino-alcohol motifs (C(OH)–C–C–N with tert-alkyl or cyclic N) is 1. The standard InChI is InChI=1S/C22H26BrN2O3/c1-27-18-11-12-20(28-2)19(14-18)24-15-22(26,16-7-9-17(23)10-8-16)25-13-5-3-4-6-21(24)25/h7-12,14,26H,3-6,13,15H2,1-2H3/q+1. The van der Waals surface area contributed by atoms with Crippen molar-refractivity contribution in [3.8, 4) is 11.5 Å². The number of hydrogen-bond acceptors (Lipinski definition) is 4. The molecule has 2 aliphatic rings. The first-order valence-electron chi connectivity index (χ1n) is 9.68. The Balaban J connectivity index is 1.84. The lowest BCUT2D eigenvalue weighted by Gasteiger charge is -2.24. The number of rotatable bonds is 4. The SMILES string of the molecule is COc1ccc(OC)c(N2CC(O)(c3ccc(Br)cc3)[N+]3=C2CCCCC3)c1. The van der Waals surface area contributed by atoms with Crippen molar-refractivity contribution >= 4 is 27.5 Å². The lowest BCUT2D eigenvalue weighted by molar-refractivity contribution is -0.658. The molecule has 0 aliphatic carbocycles. The molecule has 1 N–H and O–H groups in total. The maximum absolute atomic E-state index is 11.9. The molecule has 0 fully saturated rings. The Hall–Kier alpha value is -2.05. The van der Waals surface area contributed by atoms with Crippen molar-refractivity contribution in [3.05, 3.63) is 52.5 Å². The summed E-state index contributed by atoms with van der Waals surface area (Å²) in [5.74, 6) is 2.70. The molecule has 0 aromatic heterocycles. The zero-order valence-electron chi connectivity index (χ0n) is 16.3. The number of ether oxygens (including phenoxy) is 2. The van der Waals surface area contributed by atoms with Gasteiger partial charge in [0.2, 0.25) is 0 Å². The smallest absolute Gasteiger partial charge is 0.271 e. The molecule has 0 bridgehead atoms. The Morgan fingerprint density at radius 2 is 1.82 bits per heavy atom. The van der Waals surface area contributed by atoms with E-state index in [-0.39, 0.29) is 0 Å².